The molecular weight excluding hydrogens is 476 g/mol. The second-order valence-corrected chi connectivity index (χ2v) is 13.7. The number of carboxylic acids is 1. The van der Waals surface area contributed by atoms with Gasteiger partial charge in [0.05, 0.1) is 11.5 Å². The molecule has 1 aromatic carbocycles. The number of benzene rings is 1. The van der Waals surface area contributed by atoms with E-state index in [4.69, 9.17) is 0 Å². The molecule has 4 fully saturated rings. The molecule has 38 heavy (non-hydrogen) atoms. The number of nitrogens with zero attached hydrogens (tertiary/aromatic N) is 1. The molecule has 2 aromatic rings. The molecule has 3 N–H and O–H groups in total. The highest BCUT2D eigenvalue weighted by atomic mass is 16.4. The lowest BCUT2D eigenvalue weighted by molar-refractivity contribution is -0.145. The molecule has 204 valence electrons. The lowest BCUT2D eigenvalue weighted by Gasteiger charge is -2.32. The Hall–Kier alpha value is -2.60. The first-order valence-corrected chi connectivity index (χ1v) is 14.5. The number of fused-ring (bicyclic) bond motifs is 2. The molecule has 4 aliphatic rings. The standard InChI is InChI=1S/C32H42N2O4/c1-31(2,38)23-11-21(12-24(16-23)32(3)7-8-32)26-17-28(29(35)33-25-13-22(14-25)30(36)37)34(4)27(26)15-20-10-18-5-6-19(20)9-18/h11-12,16-20,22,25,38H,5-10,13-15H2,1-4H3,(H,33,35)(H,36,37)/t18?,19-,20?,22-,25-/m1/s1. The van der Waals surface area contributed by atoms with Gasteiger partial charge in [-0.15, -0.1) is 0 Å². The highest BCUT2D eigenvalue weighted by Crippen LogP contribution is 2.51. The maximum Gasteiger partial charge on any atom is 0.306 e. The first-order chi connectivity index (χ1) is 17.9. The fraction of sp³-hybridized carbons (Fsp3) is 0.625. The number of aliphatic hydroxyl groups is 1. The molecule has 6 nitrogen and oxygen atoms in total. The van der Waals surface area contributed by atoms with E-state index in [1.54, 1.807) is 0 Å². The maximum atomic E-state index is 13.4. The second-order valence-electron chi connectivity index (χ2n) is 13.7. The van der Waals surface area contributed by atoms with E-state index in [-0.39, 0.29) is 23.3 Å². The van der Waals surface area contributed by atoms with Crippen LogP contribution in [0.4, 0.5) is 0 Å². The van der Waals surface area contributed by atoms with E-state index in [1.165, 1.54) is 36.9 Å². The predicted octanol–water partition coefficient (Wildman–Crippen LogP) is 5.54. The molecule has 0 aliphatic heterocycles. The van der Waals surface area contributed by atoms with Crippen LogP contribution in [-0.4, -0.2) is 32.7 Å². The number of aliphatic carboxylic acids is 1. The van der Waals surface area contributed by atoms with Crippen molar-refractivity contribution in [1.82, 2.24) is 9.88 Å². The van der Waals surface area contributed by atoms with Crippen molar-refractivity contribution in [1.29, 1.82) is 0 Å². The molecule has 1 aromatic heterocycles. The number of carbonyl (C=O) groups is 2. The van der Waals surface area contributed by atoms with Crippen molar-refractivity contribution in [3.05, 3.63) is 46.8 Å². The van der Waals surface area contributed by atoms with Gasteiger partial charge in [0.2, 0.25) is 0 Å². The Morgan fingerprint density at radius 2 is 1.82 bits per heavy atom. The summed E-state index contributed by atoms with van der Waals surface area (Å²) in [6.07, 6.45) is 9.57. The van der Waals surface area contributed by atoms with Crippen LogP contribution in [0.3, 0.4) is 0 Å². The summed E-state index contributed by atoms with van der Waals surface area (Å²) >= 11 is 0. The van der Waals surface area contributed by atoms with Crippen molar-refractivity contribution in [2.75, 3.05) is 0 Å². The zero-order valence-electron chi connectivity index (χ0n) is 23.2. The third-order valence-electron chi connectivity index (χ3n) is 10.4. The first-order valence-electron chi connectivity index (χ1n) is 14.5. The summed E-state index contributed by atoms with van der Waals surface area (Å²) in [5.41, 5.74) is 5.37. The number of nitrogens with one attached hydrogen (secondary N) is 1. The van der Waals surface area contributed by atoms with Gasteiger partial charge in [-0.05, 0) is 117 Å². The Balaban J connectivity index is 1.38. The smallest absolute Gasteiger partial charge is 0.306 e. The van der Waals surface area contributed by atoms with Gasteiger partial charge in [-0.3, -0.25) is 9.59 Å². The van der Waals surface area contributed by atoms with Crippen LogP contribution in [0.1, 0.15) is 99.4 Å². The molecule has 6 heteroatoms. The van der Waals surface area contributed by atoms with Crippen molar-refractivity contribution < 1.29 is 19.8 Å². The van der Waals surface area contributed by atoms with Gasteiger partial charge in [0.25, 0.3) is 5.91 Å². The van der Waals surface area contributed by atoms with Gasteiger partial charge in [0.1, 0.15) is 5.69 Å². The fourth-order valence-corrected chi connectivity index (χ4v) is 7.39. The van der Waals surface area contributed by atoms with Crippen LogP contribution in [0.5, 0.6) is 0 Å². The number of carboxylic acid groups (broad SMARTS) is 1. The van der Waals surface area contributed by atoms with E-state index in [2.05, 4.69) is 35.0 Å². The number of hydrogen-bond acceptors (Lipinski definition) is 3. The molecule has 4 saturated carbocycles. The highest BCUT2D eigenvalue weighted by molar-refractivity contribution is 5.95. The largest absolute Gasteiger partial charge is 0.481 e. The van der Waals surface area contributed by atoms with E-state index in [0.717, 1.165) is 47.8 Å². The van der Waals surface area contributed by atoms with Gasteiger partial charge >= 0.3 is 5.97 Å². The third-order valence-corrected chi connectivity index (χ3v) is 10.4. The Bertz CT molecular complexity index is 1250. The Labute approximate surface area is 225 Å². The van der Waals surface area contributed by atoms with E-state index < -0.39 is 11.6 Å². The molecule has 2 unspecified atom stereocenters. The van der Waals surface area contributed by atoms with E-state index in [0.29, 0.717) is 24.5 Å². The molecule has 1 amide bonds. The number of carbonyl (C=O) groups excluding carboxylic acids is 1. The minimum Gasteiger partial charge on any atom is -0.481 e. The first kappa shape index (κ1) is 25.7. The second kappa shape index (κ2) is 8.97. The summed E-state index contributed by atoms with van der Waals surface area (Å²) in [6.45, 7) is 5.98. The van der Waals surface area contributed by atoms with Crippen LogP contribution in [-0.2, 0) is 29.3 Å². The van der Waals surface area contributed by atoms with Crippen molar-refractivity contribution in [2.45, 2.75) is 95.6 Å². The minimum atomic E-state index is -0.958. The van der Waals surface area contributed by atoms with Crippen LogP contribution < -0.4 is 5.32 Å². The summed E-state index contributed by atoms with van der Waals surface area (Å²) in [6, 6.07) is 8.51. The number of hydrogen-bond donors (Lipinski definition) is 3. The van der Waals surface area contributed by atoms with Crippen LogP contribution in [0.15, 0.2) is 24.3 Å². The van der Waals surface area contributed by atoms with Crippen molar-refractivity contribution in [3.63, 3.8) is 0 Å². The Morgan fingerprint density at radius 1 is 1.08 bits per heavy atom. The quantitative estimate of drug-likeness (QED) is 0.428. The molecule has 3 atom stereocenters. The van der Waals surface area contributed by atoms with Crippen LogP contribution in [0, 0.1) is 23.7 Å². The zero-order chi connectivity index (χ0) is 27.0. The zero-order valence-corrected chi connectivity index (χ0v) is 23.2. The molecule has 1 heterocycles. The number of aromatic nitrogens is 1. The third kappa shape index (κ3) is 4.59. The molecule has 0 saturated heterocycles. The summed E-state index contributed by atoms with van der Waals surface area (Å²) in [4.78, 5) is 24.7. The lowest BCUT2D eigenvalue weighted by Crippen LogP contribution is -2.47. The minimum absolute atomic E-state index is 0.0871. The molecule has 0 radical (unpaired) electrons. The summed E-state index contributed by atoms with van der Waals surface area (Å²) < 4.78 is 2.08. The van der Waals surface area contributed by atoms with Gasteiger partial charge in [-0.25, -0.2) is 0 Å². The SMILES string of the molecule is Cn1c(C(=O)N[C@H]2C[C@H](C(=O)O)C2)cc(-c2cc(C(C)(C)O)cc(C3(C)CC3)c2)c1CC1CC2CC[C@@H]1C2. The summed E-state index contributed by atoms with van der Waals surface area (Å²) in [5, 5.41) is 23.3. The van der Waals surface area contributed by atoms with Crippen molar-refractivity contribution in [3.8, 4) is 11.1 Å². The van der Waals surface area contributed by atoms with Gasteiger partial charge in [-0.2, -0.15) is 0 Å². The van der Waals surface area contributed by atoms with Crippen LogP contribution in [0.25, 0.3) is 11.1 Å². The van der Waals surface area contributed by atoms with Crippen molar-refractivity contribution >= 4 is 11.9 Å². The van der Waals surface area contributed by atoms with Gasteiger partial charge in [0, 0.05) is 24.3 Å². The Kier molecular flexibility index (Phi) is 6.06. The van der Waals surface area contributed by atoms with Crippen LogP contribution in [0.2, 0.25) is 0 Å². The topological polar surface area (TPSA) is 91.6 Å². The number of rotatable bonds is 8. The van der Waals surface area contributed by atoms with Crippen LogP contribution >= 0.6 is 0 Å². The molecule has 4 aliphatic carbocycles. The van der Waals surface area contributed by atoms with Gasteiger partial charge in [-0.1, -0.05) is 25.5 Å². The van der Waals surface area contributed by atoms with Gasteiger partial charge < -0.3 is 20.1 Å². The van der Waals surface area contributed by atoms with E-state index in [9.17, 15) is 19.8 Å². The fourth-order valence-electron chi connectivity index (χ4n) is 7.39. The molecular formula is C32H42N2O4. The Morgan fingerprint density at radius 3 is 2.39 bits per heavy atom. The summed E-state index contributed by atoms with van der Waals surface area (Å²) in [5.74, 6) is 1.03. The van der Waals surface area contributed by atoms with Crippen molar-refractivity contribution in [2.24, 2.45) is 30.7 Å². The van der Waals surface area contributed by atoms with E-state index >= 15 is 0 Å². The normalized spacial score (nSPS) is 29.2. The number of amides is 1. The monoisotopic (exact) mass is 518 g/mol. The average molecular weight is 519 g/mol. The maximum absolute atomic E-state index is 13.4. The highest BCUT2D eigenvalue weighted by Gasteiger charge is 2.42. The predicted molar refractivity (Wildman–Crippen MR) is 147 cm³/mol. The average Bonchev–Trinajstić information content (AvgIpc) is 3.15. The van der Waals surface area contributed by atoms with Gasteiger partial charge in [0.15, 0.2) is 0 Å². The lowest BCUT2D eigenvalue weighted by atomic mass is 9.80. The summed E-state index contributed by atoms with van der Waals surface area (Å²) in [7, 11) is 2.00. The molecule has 0 spiro atoms. The van der Waals surface area contributed by atoms with E-state index in [1.807, 2.05) is 27.0 Å². The molecule has 2 bridgehead atoms. The molecule has 6 rings (SSSR count).